The molecule has 0 bridgehead atoms. The van der Waals surface area contributed by atoms with Crippen LogP contribution in [0.2, 0.25) is 0 Å². The first kappa shape index (κ1) is 23.5. The van der Waals surface area contributed by atoms with E-state index in [2.05, 4.69) is 28.5 Å². The quantitative estimate of drug-likeness (QED) is 0.545. The van der Waals surface area contributed by atoms with Gasteiger partial charge in [-0.05, 0) is 62.6 Å². The number of hydrogen-bond acceptors (Lipinski definition) is 5. The molecule has 0 saturated carbocycles. The molecule has 0 spiro atoms. The lowest BCUT2D eigenvalue weighted by Crippen LogP contribution is -2.40. The van der Waals surface area contributed by atoms with Crippen molar-refractivity contribution in [2.45, 2.75) is 40.2 Å². The fourth-order valence-electron chi connectivity index (χ4n) is 4.46. The van der Waals surface area contributed by atoms with Gasteiger partial charge in [0.2, 0.25) is 11.8 Å². The minimum atomic E-state index is -0.0907. The molecular formula is C27H32N4O3. The fourth-order valence-corrected chi connectivity index (χ4v) is 4.46. The van der Waals surface area contributed by atoms with Crippen LogP contribution in [0.1, 0.15) is 37.8 Å². The molecule has 1 aliphatic heterocycles. The molecule has 34 heavy (non-hydrogen) atoms. The molecule has 0 aliphatic carbocycles. The van der Waals surface area contributed by atoms with Crippen molar-refractivity contribution in [3.8, 4) is 5.75 Å². The number of carbonyl (C=O) groups excluding carboxylic acids is 2. The number of anilines is 2. The average molecular weight is 461 g/mol. The van der Waals surface area contributed by atoms with Gasteiger partial charge in [-0.15, -0.1) is 0 Å². The van der Waals surface area contributed by atoms with E-state index in [1.807, 2.05) is 49.4 Å². The van der Waals surface area contributed by atoms with Gasteiger partial charge in [-0.25, -0.2) is 4.98 Å². The number of piperidine rings is 1. The van der Waals surface area contributed by atoms with E-state index in [0.29, 0.717) is 13.2 Å². The topological polar surface area (TPSA) is 83.6 Å². The van der Waals surface area contributed by atoms with E-state index < -0.39 is 0 Å². The molecule has 1 fully saturated rings. The Hall–Kier alpha value is -3.61. The normalized spacial score (nSPS) is 14.1. The number of benzene rings is 2. The van der Waals surface area contributed by atoms with E-state index in [9.17, 15) is 9.59 Å². The molecular weight excluding hydrogens is 428 g/mol. The predicted octanol–water partition coefficient (Wildman–Crippen LogP) is 4.43. The van der Waals surface area contributed by atoms with Gasteiger partial charge in [0, 0.05) is 49.1 Å². The zero-order chi connectivity index (χ0) is 24.1. The Morgan fingerprint density at radius 2 is 1.88 bits per heavy atom. The summed E-state index contributed by atoms with van der Waals surface area (Å²) >= 11 is 0. The summed E-state index contributed by atoms with van der Waals surface area (Å²) in [6.45, 7) is 8.17. The van der Waals surface area contributed by atoms with Crippen LogP contribution in [-0.2, 0) is 16.1 Å². The van der Waals surface area contributed by atoms with Crippen molar-refractivity contribution in [3.05, 3.63) is 59.7 Å². The smallest absolute Gasteiger partial charge is 0.223 e. The van der Waals surface area contributed by atoms with E-state index >= 15 is 0 Å². The molecule has 2 amide bonds. The maximum atomic E-state index is 12.8. The summed E-state index contributed by atoms with van der Waals surface area (Å²) < 4.78 is 5.66. The van der Waals surface area contributed by atoms with Crippen LogP contribution in [0.3, 0.4) is 0 Å². The number of nitrogens with one attached hydrogen (secondary N) is 2. The van der Waals surface area contributed by atoms with Crippen LogP contribution in [0, 0.1) is 12.8 Å². The number of amides is 2. The van der Waals surface area contributed by atoms with Crippen LogP contribution in [0.5, 0.6) is 5.75 Å². The van der Waals surface area contributed by atoms with E-state index in [1.54, 1.807) is 0 Å². The standard InChI is InChI=1S/C27H32N4O3/c1-4-34-25-8-6-5-7-21(25)17-28-27(33)20-11-13-31(14-12-20)26-15-18(2)23-16-22(29-19(3)32)9-10-24(23)30-26/h5-10,15-16,20H,4,11-14,17H2,1-3H3,(H,28,33)(H,29,32). The lowest BCUT2D eigenvalue weighted by Gasteiger charge is -2.32. The monoisotopic (exact) mass is 460 g/mol. The molecule has 7 heteroatoms. The Balaban J connectivity index is 1.37. The van der Waals surface area contributed by atoms with Crippen molar-refractivity contribution < 1.29 is 14.3 Å². The third-order valence-corrected chi connectivity index (χ3v) is 6.24. The molecule has 2 aromatic carbocycles. The predicted molar refractivity (Wildman–Crippen MR) is 135 cm³/mol. The molecule has 1 saturated heterocycles. The molecule has 0 atom stereocenters. The Morgan fingerprint density at radius 3 is 2.62 bits per heavy atom. The van der Waals surface area contributed by atoms with Gasteiger partial charge in [-0.1, -0.05) is 18.2 Å². The lowest BCUT2D eigenvalue weighted by atomic mass is 9.95. The number of ether oxygens (including phenoxy) is 1. The second-order valence-electron chi connectivity index (χ2n) is 8.73. The molecule has 0 radical (unpaired) electrons. The van der Waals surface area contributed by atoms with Gasteiger partial charge in [0.15, 0.2) is 0 Å². The molecule has 7 nitrogen and oxygen atoms in total. The summed E-state index contributed by atoms with van der Waals surface area (Å²) in [4.78, 5) is 31.3. The number of carbonyl (C=O) groups is 2. The Labute approximate surface area is 200 Å². The first-order valence-electron chi connectivity index (χ1n) is 11.9. The Bertz CT molecular complexity index is 1190. The molecule has 2 heterocycles. The molecule has 0 unspecified atom stereocenters. The van der Waals surface area contributed by atoms with Gasteiger partial charge in [0.05, 0.1) is 12.1 Å². The summed E-state index contributed by atoms with van der Waals surface area (Å²) in [5.41, 5.74) is 3.78. The number of rotatable bonds is 7. The highest BCUT2D eigenvalue weighted by Crippen LogP contribution is 2.28. The van der Waals surface area contributed by atoms with Crippen molar-refractivity contribution >= 4 is 34.2 Å². The number of pyridine rings is 1. The number of nitrogens with zero attached hydrogens (tertiary/aromatic N) is 2. The van der Waals surface area contributed by atoms with Crippen molar-refractivity contribution in [2.24, 2.45) is 5.92 Å². The minimum Gasteiger partial charge on any atom is -0.494 e. The Kier molecular flexibility index (Phi) is 7.30. The van der Waals surface area contributed by atoms with Crippen LogP contribution < -0.4 is 20.3 Å². The zero-order valence-electron chi connectivity index (χ0n) is 20.1. The van der Waals surface area contributed by atoms with E-state index in [-0.39, 0.29) is 17.7 Å². The zero-order valence-corrected chi connectivity index (χ0v) is 20.1. The third-order valence-electron chi connectivity index (χ3n) is 6.24. The van der Waals surface area contributed by atoms with Gasteiger partial charge in [0.1, 0.15) is 11.6 Å². The second kappa shape index (κ2) is 10.5. The molecule has 4 rings (SSSR count). The molecule has 178 valence electrons. The summed E-state index contributed by atoms with van der Waals surface area (Å²) in [7, 11) is 0. The highest BCUT2D eigenvalue weighted by Gasteiger charge is 2.26. The first-order valence-corrected chi connectivity index (χ1v) is 11.9. The number of fused-ring (bicyclic) bond motifs is 1. The third kappa shape index (κ3) is 5.47. The van der Waals surface area contributed by atoms with Crippen molar-refractivity contribution in [1.82, 2.24) is 10.3 Å². The van der Waals surface area contributed by atoms with Gasteiger partial charge < -0.3 is 20.3 Å². The maximum absolute atomic E-state index is 12.8. The first-order chi connectivity index (χ1) is 16.4. The van der Waals surface area contributed by atoms with Crippen LogP contribution in [-0.4, -0.2) is 36.5 Å². The largest absolute Gasteiger partial charge is 0.494 e. The second-order valence-corrected chi connectivity index (χ2v) is 8.73. The average Bonchev–Trinajstić information content (AvgIpc) is 2.83. The summed E-state index contributed by atoms with van der Waals surface area (Å²) in [5.74, 6) is 1.76. The van der Waals surface area contributed by atoms with E-state index in [1.165, 1.54) is 6.92 Å². The highest BCUT2D eigenvalue weighted by molar-refractivity contribution is 5.93. The van der Waals surface area contributed by atoms with E-state index in [0.717, 1.165) is 65.2 Å². The van der Waals surface area contributed by atoms with E-state index in [4.69, 9.17) is 9.72 Å². The number of aromatic nitrogens is 1. The van der Waals surface area contributed by atoms with Crippen molar-refractivity contribution in [2.75, 3.05) is 29.9 Å². The summed E-state index contributed by atoms with van der Waals surface area (Å²) in [6, 6.07) is 15.7. The van der Waals surface area contributed by atoms with Crippen LogP contribution in [0.15, 0.2) is 48.5 Å². The lowest BCUT2D eigenvalue weighted by molar-refractivity contribution is -0.125. The fraction of sp³-hybridized carbons (Fsp3) is 0.370. The van der Waals surface area contributed by atoms with Crippen LogP contribution in [0.4, 0.5) is 11.5 Å². The summed E-state index contributed by atoms with van der Waals surface area (Å²) in [5, 5.41) is 6.94. The van der Waals surface area contributed by atoms with Gasteiger partial charge in [-0.3, -0.25) is 9.59 Å². The molecule has 1 aromatic heterocycles. The molecule has 2 N–H and O–H groups in total. The summed E-state index contributed by atoms with van der Waals surface area (Å²) in [6.07, 6.45) is 1.58. The van der Waals surface area contributed by atoms with Crippen LogP contribution >= 0.6 is 0 Å². The van der Waals surface area contributed by atoms with Gasteiger partial charge in [0.25, 0.3) is 0 Å². The minimum absolute atomic E-state index is 0.00253. The SMILES string of the molecule is CCOc1ccccc1CNC(=O)C1CCN(c2cc(C)c3cc(NC(C)=O)ccc3n2)CC1. The number of para-hydroxylation sites is 1. The van der Waals surface area contributed by atoms with Crippen LogP contribution in [0.25, 0.3) is 10.9 Å². The highest BCUT2D eigenvalue weighted by atomic mass is 16.5. The number of aryl methyl sites for hydroxylation is 1. The van der Waals surface area contributed by atoms with Crippen molar-refractivity contribution in [3.63, 3.8) is 0 Å². The Morgan fingerprint density at radius 1 is 1.12 bits per heavy atom. The van der Waals surface area contributed by atoms with Crippen molar-refractivity contribution in [1.29, 1.82) is 0 Å². The maximum Gasteiger partial charge on any atom is 0.223 e. The number of hydrogen-bond donors (Lipinski definition) is 2. The van der Waals surface area contributed by atoms with Gasteiger partial charge >= 0.3 is 0 Å². The molecule has 3 aromatic rings. The van der Waals surface area contributed by atoms with Gasteiger partial charge in [-0.2, -0.15) is 0 Å². The molecule has 1 aliphatic rings.